The summed E-state index contributed by atoms with van der Waals surface area (Å²) < 4.78 is 12.7. The number of hydrogen-bond acceptors (Lipinski definition) is 4. The lowest BCUT2D eigenvalue weighted by Gasteiger charge is -2.12. The van der Waals surface area contributed by atoms with Gasteiger partial charge in [0.2, 0.25) is 0 Å². The average molecular weight is 376 g/mol. The minimum Gasteiger partial charge on any atom is -0.382 e. The van der Waals surface area contributed by atoms with Crippen LogP contribution in [0.15, 0.2) is 29.3 Å². The van der Waals surface area contributed by atoms with Crippen LogP contribution in [0.1, 0.15) is 25.6 Å². The zero-order valence-electron chi connectivity index (χ0n) is 16.8. The van der Waals surface area contributed by atoms with E-state index in [9.17, 15) is 0 Å². The third-order valence-corrected chi connectivity index (χ3v) is 4.19. The van der Waals surface area contributed by atoms with E-state index in [2.05, 4.69) is 57.2 Å². The number of nitrogens with one attached hydrogen (secondary N) is 2. The highest BCUT2D eigenvalue weighted by Crippen LogP contribution is 2.15. The van der Waals surface area contributed by atoms with E-state index in [1.807, 2.05) is 6.07 Å². The first-order valence-electron chi connectivity index (χ1n) is 9.77. The largest absolute Gasteiger partial charge is 0.382 e. The van der Waals surface area contributed by atoms with Crippen molar-refractivity contribution in [2.45, 2.75) is 33.2 Å². The molecule has 0 saturated carbocycles. The Morgan fingerprint density at radius 1 is 1.15 bits per heavy atom. The Kier molecular flexibility index (Phi) is 9.65. The molecule has 7 nitrogen and oxygen atoms in total. The number of methoxy groups -OCH3 is 1. The smallest absolute Gasteiger partial charge is 0.191 e. The van der Waals surface area contributed by atoms with Gasteiger partial charge in [-0.1, -0.05) is 12.1 Å². The van der Waals surface area contributed by atoms with Crippen molar-refractivity contribution >= 4 is 17.0 Å². The summed E-state index contributed by atoms with van der Waals surface area (Å²) in [6, 6.07) is 8.27. The molecule has 0 bridgehead atoms. The van der Waals surface area contributed by atoms with Gasteiger partial charge >= 0.3 is 0 Å². The highest BCUT2D eigenvalue weighted by Gasteiger charge is 2.05. The Morgan fingerprint density at radius 2 is 2.00 bits per heavy atom. The molecule has 1 aromatic heterocycles. The molecule has 0 aliphatic heterocycles. The molecule has 0 aliphatic rings. The third-order valence-electron chi connectivity index (χ3n) is 4.19. The van der Waals surface area contributed by atoms with Gasteiger partial charge in [0.25, 0.3) is 0 Å². The van der Waals surface area contributed by atoms with Crippen molar-refractivity contribution < 1.29 is 9.47 Å². The second-order valence-corrected chi connectivity index (χ2v) is 6.30. The summed E-state index contributed by atoms with van der Waals surface area (Å²) >= 11 is 0. The fraction of sp³-hybridized carbons (Fsp3) is 0.600. The van der Waals surface area contributed by atoms with Crippen LogP contribution in [0.4, 0.5) is 0 Å². The number of rotatable bonds is 12. The molecule has 2 aromatic rings. The maximum atomic E-state index is 5.47. The molecule has 2 rings (SSSR count). The molecule has 0 atom stereocenters. The van der Waals surface area contributed by atoms with E-state index >= 15 is 0 Å². The van der Waals surface area contributed by atoms with Crippen LogP contribution < -0.4 is 10.6 Å². The predicted molar refractivity (Wildman–Crippen MR) is 110 cm³/mol. The molecule has 2 N–H and O–H groups in total. The summed E-state index contributed by atoms with van der Waals surface area (Å²) in [5, 5.41) is 6.64. The van der Waals surface area contributed by atoms with Gasteiger partial charge in [-0.3, -0.25) is 4.99 Å². The van der Waals surface area contributed by atoms with E-state index in [4.69, 9.17) is 9.47 Å². The lowest BCUT2D eigenvalue weighted by molar-refractivity contribution is 0.0698. The molecule has 7 heteroatoms. The molecule has 0 aliphatic carbocycles. The number of imidazole rings is 1. The monoisotopic (exact) mass is 375 g/mol. The fourth-order valence-corrected chi connectivity index (χ4v) is 2.86. The van der Waals surface area contributed by atoms with Crippen LogP contribution in [0.3, 0.4) is 0 Å². The minimum atomic E-state index is 0.642. The topological polar surface area (TPSA) is 72.7 Å². The fourth-order valence-electron chi connectivity index (χ4n) is 2.86. The van der Waals surface area contributed by atoms with Gasteiger partial charge in [-0.05, 0) is 38.8 Å². The zero-order chi connectivity index (χ0) is 19.3. The zero-order valence-corrected chi connectivity index (χ0v) is 16.8. The maximum Gasteiger partial charge on any atom is 0.191 e. The van der Waals surface area contributed by atoms with Crippen LogP contribution >= 0.6 is 0 Å². The standard InChI is InChI=1S/C20H33N5O2/c1-4-21-20(23-12-8-14-27-16-15-26-3)22-11-7-13-25-17(2)24-18-9-5-6-10-19(18)25/h5-6,9-10H,4,7-8,11-16H2,1-3H3,(H2,21,22,23). The van der Waals surface area contributed by atoms with Crippen LogP contribution in [0.2, 0.25) is 0 Å². The van der Waals surface area contributed by atoms with Crippen molar-refractivity contribution in [3.8, 4) is 0 Å². The lowest BCUT2D eigenvalue weighted by Crippen LogP contribution is -2.38. The van der Waals surface area contributed by atoms with Gasteiger partial charge < -0.3 is 24.7 Å². The average Bonchev–Trinajstić information content (AvgIpc) is 2.99. The van der Waals surface area contributed by atoms with E-state index in [-0.39, 0.29) is 0 Å². The Morgan fingerprint density at radius 3 is 2.81 bits per heavy atom. The van der Waals surface area contributed by atoms with Crippen LogP contribution in [0, 0.1) is 6.92 Å². The summed E-state index contributed by atoms with van der Waals surface area (Å²) in [7, 11) is 1.68. The summed E-state index contributed by atoms with van der Waals surface area (Å²) in [4.78, 5) is 9.29. The number of aliphatic imine (C=N–C) groups is 1. The number of nitrogens with zero attached hydrogens (tertiary/aromatic N) is 3. The second kappa shape index (κ2) is 12.3. The number of aromatic nitrogens is 2. The van der Waals surface area contributed by atoms with Crippen molar-refractivity contribution in [3.05, 3.63) is 30.1 Å². The Hall–Kier alpha value is -2.12. The van der Waals surface area contributed by atoms with E-state index < -0.39 is 0 Å². The molecule has 0 spiro atoms. The number of guanidine groups is 1. The highest BCUT2D eigenvalue weighted by atomic mass is 16.5. The summed E-state index contributed by atoms with van der Waals surface area (Å²) in [5.74, 6) is 1.92. The highest BCUT2D eigenvalue weighted by molar-refractivity contribution is 5.79. The molecule has 27 heavy (non-hydrogen) atoms. The maximum absolute atomic E-state index is 5.47. The van der Waals surface area contributed by atoms with Gasteiger partial charge in [-0.25, -0.2) is 4.98 Å². The first-order valence-corrected chi connectivity index (χ1v) is 9.77. The first kappa shape index (κ1) is 21.2. The summed E-state index contributed by atoms with van der Waals surface area (Å²) in [5.41, 5.74) is 2.25. The summed E-state index contributed by atoms with van der Waals surface area (Å²) in [6.45, 7) is 9.52. The molecular formula is C20H33N5O2. The Labute approximate surface area is 162 Å². The van der Waals surface area contributed by atoms with E-state index in [1.54, 1.807) is 7.11 Å². The molecular weight excluding hydrogens is 342 g/mol. The van der Waals surface area contributed by atoms with Crippen molar-refractivity contribution in [1.29, 1.82) is 0 Å². The van der Waals surface area contributed by atoms with Gasteiger partial charge in [0.05, 0.1) is 24.2 Å². The number of hydrogen-bond donors (Lipinski definition) is 2. The van der Waals surface area contributed by atoms with Crippen molar-refractivity contribution in [1.82, 2.24) is 20.2 Å². The molecule has 1 aromatic carbocycles. The van der Waals surface area contributed by atoms with Crippen molar-refractivity contribution in [3.63, 3.8) is 0 Å². The van der Waals surface area contributed by atoms with Gasteiger partial charge in [-0.15, -0.1) is 0 Å². The SMILES string of the molecule is CCNC(=NCCCn1c(C)nc2ccccc21)NCCCOCCOC. The number of fused-ring (bicyclic) bond motifs is 1. The quantitative estimate of drug-likeness (QED) is 0.338. The van der Waals surface area contributed by atoms with E-state index in [0.717, 1.165) is 62.9 Å². The Balaban J connectivity index is 1.73. The molecule has 0 amide bonds. The third kappa shape index (κ3) is 7.19. The van der Waals surface area contributed by atoms with Gasteiger partial charge in [0.1, 0.15) is 5.82 Å². The van der Waals surface area contributed by atoms with Gasteiger partial charge in [-0.2, -0.15) is 0 Å². The molecule has 150 valence electrons. The molecule has 1 heterocycles. The number of ether oxygens (including phenoxy) is 2. The van der Waals surface area contributed by atoms with Gasteiger partial charge in [0, 0.05) is 39.9 Å². The molecule has 0 fully saturated rings. The second-order valence-electron chi connectivity index (χ2n) is 6.30. The van der Waals surface area contributed by atoms with E-state index in [0.29, 0.717) is 13.2 Å². The van der Waals surface area contributed by atoms with Crippen LogP contribution in [-0.4, -0.2) is 62.1 Å². The first-order chi connectivity index (χ1) is 13.3. The predicted octanol–water partition coefficient (Wildman–Crippen LogP) is 2.34. The van der Waals surface area contributed by atoms with Crippen LogP contribution in [0.25, 0.3) is 11.0 Å². The molecule has 0 saturated heterocycles. The normalized spacial score (nSPS) is 11.9. The minimum absolute atomic E-state index is 0.642. The Bertz CT molecular complexity index is 699. The number of benzene rings is 1. The van der Waals surface area contributed by atoms with E-state index in [1.165, 1.54) is 5.52 Å². The molecule has 0 radical (unpaired) electrons. The molecule has 0 unspecified atom stereocenters. The lowest BCUT2D eigenvalue weighted by atomic mass is 10.3. The van der Waals surface area contributed by atoms with Crippen LogP contribution in [0.5, 0.6) is 0 Å². The van der Waals surface area contributed by atoms with Crippen molar-refractivity contribution in [2.24, 2.45) is 4.99 Å². The summed E-state index contributed by atoms with van der Waals surface area (Å²) in [6.07, 6.45) is 1.91. The van der Waals surface area contributed by atoms with Crippen LogP contribution in [-0.2, 0) is 16.0 Å². The number of para-hydroxylation sites is 2. The van der Waals surface area contributed by atoms with Crippen molar-refractivity contribution in [2.75, 3.05) is 46.6 Å². The number of aryl methyl sites for hydroxylation is 2. The van der Waals surface area contributed by atoms with Gasteiger partial charge in [0.15, 0.2) is 5.96 Å².